The molecule has 1 fully saturated rings. The van der Waals surface area contributed by atoms with Gasteiger partial charge >= 0.3 is 0 Å². The fraction of sp³-hybridized carbons (Fsp3) is 0.619. The molecule has 1 saturated heterocycles. The second-order valence-corrected chi connectivity index (χ2v) is 7.59. The number of benzene rings is 1. The second-order valence-electron chi connectivity index (χ2n) is 7.59. The summed E-state index contributed by atoms with van der Waals surface area (Å²) in [6.45, 7) is 5.32. The number of rotatable bonds is 8. The number of hydrogen-bond donors (Lipinski definition) is 1. The molecule has 7 nitrogen and oxygen atoms in total. The van der Waals surface area contributed by atoms with Gasteiger partial charge in [-0.25, -0.2) is 4.98 Å². The van der Waals surface area contributed by atoms with Gasteiger partial charge < -0.3 is 24.6 Å². The van der Waals surface area contributed by atoms with Crippen molar-refractivity contribution in [1.29, 1.82) is 0 Å². The molecule has 7 heteroatoms. The fourth-order valence-corrected chi connectivity index (χ4v) is 3.57. The Kier molecular flexibility index (Phi) is 6.78. The second kappa shape index (κ2) is 9.28. The third-order valence-electron chi connectivity index (χ3n) is 5.44. The molecule has 2 heterocycles. The Morgan fingerprint density at radius 1 is 1.14 bits per heavy atom. The molecule has 0 saturated carbocycles. The highest BCUT2D eigenvalue weighted by Crippen LogP contribution is 2.35. The summed E-state index contributed by atoms with van der Waals surface area (Å²) in [4.78, 5) is 14.2. The monoisotopic (exact) mass is 387 g/mol. The quantitative estimate of drug-likeness (QED) is 0.745. The average molecular weight is 388 g/mol. The van der Waals surface area contributed by atoms with E-state index < -0.39 is 0 Å². The summed E-state index contributed by atoms with van der Waals surface area (Å²) in [6, 6.07) is 4.32. The van der Waals surface area contributed by atoms with Crippen LogP contribution in [0.25, 0.3) is 10.9 Å². The number of nitrogens with one attached hydrogen (secondary N) is 1. The topological polar surface area (TPSA) is 62.8 Å². The predicted octanol–water partition coefficient (Wildman–Crippen LogP) is 3.39. The summed E-state index contributed by atoms with van der Waals surface area (Å²) in [6.07, 6.45) is 4.47. The zero-order valence-corrected chi connectivity index (χ0v) is 17.8. The number of ether oxygens (including phenoxy) is 2. The fourth-order valence-electron chi connectivity index (χ4n) is 3.57. The molecule has 1 aromatic carbocycles. The van der Waals surface area contributed by atoms with E-state index in [1.807, 2.05) is 12.1 Å². The summed E-state index contributed by atoms with van der Waals surface area (Å²) in [7, 11) is 7.53. The minimum absolute atomic E-state index is 0.413. The summed E-state index contributed by atoms with van der Waals surface area (Å²) >= 11 is 0. The SMILES string of the molecule is CCCCN(C)c1nc(NC2CCN(C)CC2)c2cc(OC)c(OC)cc2n1. The first kappa shape index (κ1) is 20.5. The lowest BCUT2D eigenvalue weighted by atomic mass is 10.1. The first-order chi connectivity index (χ1) is 13.5. The van der Waals surface area contributed by atoms with E-state index in [4.69, 9.17) is 19.4 Å². The molecule has 0 atom stereocenters. The van der Waals surface area contributed by atoms with Crippen molar-refractivity contribution in [2.45, 2.75) is 38.6 Å². The minimum Gasteiger partial charge on any atom is -0.493 e. The molecule has 1 aliphatic heterocycles. The van der Waals surface area contributed by atoms with Gasteiger partial charge in [-0.1, -0.05) is 13.3 Å². The number of anilines is 2. The Hall–Kier alpha value is -2.28. The average Bonchev–Trinajstić information content (AvgIpc) is 2.72. The molecule has 0 amide bonds. The van der Waals surface area contributed by atoms with Gasteiger partial charge in [0.1, 0.15) is 5.82 Å². The van der Waals surface area contributed by atoms with Crippen LogP contribution >= 0.6 is 0 Å². The summed E-state index contributed by atoms with van der Waals surface area (Å²) in [5.74, 6) is 2.99. The largest absolute Gasteiger partial charge is 0.493 e. The van der Waals surface area contributed by atoms with Gasteiger partial charge in [-0.05, 0) is 45.5 Å². The van der Waals surface area contributed by atoms with Crippen LogP contribution in [0, 0.1) is 0 Å². The molecule has 1 aliphatic rings. The molecular weight excluding hydrogens is 354 g/mol. The molecule has 0 spiro atoms. The number of aromatic nitrogens is 2. The molecule has 28 heavy (non-hydrogen) atoms. The maximum Gasteiger partial charge on any atom is 0.227 e. The van der Waals surface area contributed by atoms with Crippen LogP contribution in [0.5, 0.6) is 11.5 Å². The van der Waals surface area contributed by atoms with Crippen LogP contribution in [-0.2, 0) is 0 Å². The van der Waals surface area contributed by atoms with Crippen LogP contribution in [-0.4, -0.2) is 68.9 Å². The van der Waals surface area contributed by atoms with E-state index in [0.29, 0.717) is 17.5 Å². The molecule has 1 N–H and O–H groups in total. The maximum atomic E-state index is 5.51. The van der Waals surface area contributed by atoms with Crippen LogP contribution in [0.3, 0.4) is 0 Å². The Bertz CT molecular complexity index is 790. The van der Waals surface area contributed by atoms with Gasteiger partial charge in [0.25, 0.3) is 0 Å². The van der Waals surface area contributed by atoms with Crippen molar-refractivity contribution in [3.63, 3.8) is 0 Å². The minimum atomic E-state index is 0.413. The Labute approximate surface area is 168 Å². The molecule has 3 rings (SSSR count). The molecule has 0 radical (unpaired) electrons. The normalized spacial score (nSPS) is 15.6. The third kappa shape index (κ3) is 4.58. The smallest absolute Gasteiger partial charge is 0.227 e. The molecule has 1 aromatic heterocycles. The molecule has 0 aliphatic carbocycles. The summed E-state index contributed by atoms with van der Waals surface area (Å²) in [5.41, 5.74) is 0.862. The maximum absolute atomic E-state index is 5.51. The molecule has 0 unspecified atom stereocenters. The lowest BCUT2D eigenvalue weighted by molar-refractivity contribution is 0.264. The number of methoxy groups -OCH3 is 2. The number of likely N-dealkylation sites (tertiary alicyclic amines) is 1. The van der Waals surface area contributed by atoms with Crippen molar-refractivity contribution in [3.05, 3.63) is 12.1 Å². The van der Waals surface area contributed by atoms with Gasteiger partial charge in [0, 0.05) is 31.1 Å². The van der Waals surface area contributed by atoms with Gasteiger partial charge in [0.15, 0.2) is 11.5 Å². The Balaban J connectivity index is 2.01. The van der Waals surface area contributed by atoms with Crippen molar-refractivity contribution in [3.8, 4) is 11.5 Å². The number of piperidine rings is 1. The van der Waals surface area contributed by atoms with Crippen LogP contribution in [0.15, 0.2) is 12.1 Å². The van der Waals surface area contributed by atoms with Crippen LogP contribution in [0.4, 0.5) is 11.8 Å². The van der Waals surface area contributed by atoms with Crippen LogP contribution in [0.1, 0.15) is 32.6 Å². The first-order valence-electron chi connectivity index (χ1n) is 10.2. The van der Waals surface area contributed by atoms with Gasteiger partial charge in [0.2, 0.25) is 5.95 Å². The number of unbranched alkanes of at least 4 members (excludes halogenated alkanes) is 1. The van der Waals surface area contributed by atoms with E-state index in [9.17, 15) is 0 Å². The van der Waals surface area contributed by atoms with E-state index in [1.165, 1.54) is 0 Å². The van der Waals surface area contributed by atoms with Gasteiger partial charge in [-0.2, -0.15) is 4.98 Å². The number of nitrogens with zero attached hydrogens (tertiary/aromatic N) is 4. The van der Waals surface area contributed by atoms with E-state index in [-0.39, 0.29) is 0 Å². The van der Waals surface area contributed by atoms with E-state index >= 15 is 0 Å². The zero-order chi connectivity index (χ0) is 20.1. The van der Waals surface area contributed by atoms with Crippen molar-refractivity contribution in [2.24, 2.45) is 0 Å². The molecule has 154 valence electrons. The Morgan fingerprint density at radius 2 is 1.82 bits per heavy atom. The number of hydrogen-bond acceptors (Lipinski definition) is 7. The van der Waals surface area contributed by atoms with E-state index in [1.54, 1.807) is 14.2 Å². The van der Waals surface area contributed by atoms with Crippen molar-refractivity contribution < 1.29 is 9.47 Å². The molecule has 2 aromatic rings. The molecule has 0 bridgehead atoms. The third-order valence-corrected chi connectivity index (χ3v) is 5.44. The van der Waals surface area contributed by atoms with Crippen LogP contribution < -0.4 is 19.7 Å². The van der Waals surface area contributed by atoms with Gasteiger partial charge in [-0.3, -0.25) is 0 Å². The lowest BCUT2D eigenvalue weighted by Gasteiger charge is -2.30. The van der Waals surface area contributed by atoms with Gasteiger partial charge in [-0.15, -0.1) is 0 Å². The standard InChI is InChI=1S/C21H33N5O2/c1-6-7-10-26(3)21-23-17-14-19(28-5)18(27-4)13-16(17)20(24-21)22-15-8-11-25(2)12-9-15/h13-15H,6-12H2,1-5H3,(H,22,23,24). The van der Waals surface area contributed by atoms with Crippen LogP contribution in [0.2, 0.25) is 0 Å². The first-order valence-corrected chi connectivity index (χ1v) is 10.2. The van der Waals surface area contributed by atoms with E-state index in [0.717, 1.165) is 68.0 Å². The van der Waals surface area contributed by atoms with Gasteiger partial charge in [0.05, 0.1) is 19.7 Å². The van der Waals surface area contributed by atoms with Crippen molar-refractivity contribution in [2.75, 3.05) is 58.2 Å². The van der Waals surface area contributed by atoms with Crippen molar-refractivity contribution >= 4 is 22.7 Å². The predicted molar refractivity (Wildman–Crippen MR) is 115 cm³/mol. The zero-order valence-electron chi connectivity index (χ0n) is 17.8. The van der Waals surface area contributed by atoms with Crippen molar-refractivity contribution in [1.82, 2.24) is 14.9 Å². The number of fused-ring (bicyclic) bond motifs is 1. The summed E-state index contributed by atoms with van der Waals surface area (Å²) in [5, 5.41) is 4.65. The van der Waals surface area contributed by atoms with E-state index in [2.05, 4.69) is 36.1 Å². The highest BCUT2D eigenvalue weighted by atomic mass is 16.5. The lowest BCUT2D eigenvalue weighted by Crippen LogP contribution is -2.37. The highest BCUT2D eigenvalue weighted by Gasteiger charge is 2.20. The highest BCUT2D eigenvalue weighted by molar-refractivity contribution is 5.92. The molecular formula is C21H33N5O2. The Morgan fingerprint density at radius 3 is 2.46 bits per heavy atom. The summed E-state index contributed by atoms with van der Waals surface area (Å²) < 4.78 is 11.0.